The van der Waals surface area contributed by atoms with Crippen LogP contribution in [-0.2, 0) is 6.18 Å². The van der Waals surface area contributed by atoms with Crippen LogP contribution in [0.2, 0.25) is 10.0 Å². The quantitative estimate of drug-likeness (QED) is 0.486. The van der Waals surface area contributed by atoms with E-state index in [0.717, 1.165) is 23.1 Å². The molecule has 0 aliphatic carbocycles. The highest BCUT2D eigenvalue weighted by atomic mass is 35.5. The zero-order chi connectivity index (χ0) is 22.8. The highest BCUT2D eigenvalue weighted by Gasteiger charge is 2.31. The Hall–Kier alpha value is -3.24. The summed E-state index contributed by atoms with van der Waals surface area (Å²) in [5.41, 5.74) is 4.41. The van der Waals surface area contributed by atoms with Crippen LogP contribution in [0, 0.1) is 0 Å². The highest BCUT2D eigenvalue weighted by Crippen LogP contribution is 2.41. The Morgan fingerprint density at radius 2 is 1.77 bits per heavy atom. The van der Waals surface area contributed by atoms with Crippen molar-refractivity contribution in [1.29, 1.82) is 0 Å². The van der Waals surface area contributed by atoms with Crippen LogP contribution < -0.4 is 20.7 Å². The van der Waals surface area contributed by atoms with Crippen LogP contribution in [0.15, 0.2) is 48.8 Å². The second-order valence-electron chi connectivity index (χ2n) is 6.05. The first kappa shape index (κ1) is 22.4. The lowest BCUT2D eigenvalue weighted by atomic mass is 10.1. The molecule has 162 valence electrons. The van der Waals surface area contributed by atoms with Crippen molar-refractivity contribution in [3.05, 3.63) is 64.4 Å². The van der Waals surface area contributed by atoms with Gasteiger partial charge in [0.1, 0.15) is 12.1 Å². The molecule has 0 saturated carbocycles. The Bertz CT molecular complexity index is 1100. The van der Waals surface area contributed by atoms with E-state index in [1.165, 1.54) is 30.6 Å². The lowest BCUT2D eigenvalue weighted by Crippen LogP contribution is -2.31. The summed E-state index contributed by atoms with van der Waals surface area (Å²) in [7, 11) is 1.66. The number of hydrogen-bond acceptors (Lipinski definition) is 5. The molecule has 12 heteroatoms. The summed E-state index contributed by atoms with van der Waals surface area (Å²) in [5, 5.41) is 2.77. The molecule has 3 N–H and O–H groups in total. The summed E-state index contributed by atoms with van der Waals surface area (Å²) >= 11 is 12.5. The normalized spacial score (nSPS) is 11.2. The Kier molecular flexibility index (Phi) is 6.42. The van der Waals surface area contributed by atoms with Gasteiger partial charge in [0.15, 0.2) is 5.75 Å². The van der Waals surface area contributed by atoms with Gasteiger partial charge in [0, 0.05) is 13.1 Å². The van der Waals surface area contributed by atoms with Crippen LogP contribution in [0.25, 0.3) is 0 Å². The molecule has 7 nitrogen and oxygen atoms in total. The molecule has 0 unspecified atom stereocenters. The summed E-state index contributed by atoms with van der Waals surface area (Å²) in [6.45, 7) is 0. The highest BCUT2D eigenvalue weighted by molar-refractivity contribution is 6.37. The molecular formula is C19H14Cl2F3N5O2. The molecule has 1 heterocycles. The van der Waals surface area contributed by atoms with Gasteiger partial charge in [0.2, 0.25) is 5.88 Å². The average molecular weight is 472 g/mol. The van der Waals surface area contributed by atoms with Gasteiger partial charge < -0.3 is 15.8 Å². The topological polar surface area (TPSA) is 93.4 Å². The van der Waals surface area contributed by atoms with Crippen molar-refractivity contribution in [3.63, 3.8) is 0 Å². The number of rotatable bonds is 5. The molecule has 0 aliphatic heterocycles. The summed E-state index contributed by atoms with van der Waals surface area (Å²) in [4.78, 5) is 20.8. The third-order valence-corrected chi connectivity index (χ3v) is 4.56. The Morgan fingerprint density at radius 1 is 1.10 bits per heavy atom. The number of carbonyl (C=O) groups excluding carboxylic acids is 1. The molecule has 3 aromatic rings. The SMILES string of the molecule is CNc1cc(Oc2c(Cl)cc(N(C(N)=O)c3cccc(C(F)(F)F)c3)cc2Cl)ncn1. The maximum atomic E-state index is 13.1. The van der Waals surface area contributed by atoms with Crippen LogP contribution in [0.4, 0.5) is 35.2 Å². The molecule has 0 aliphatic rings. The number of primary amides is 1. The van der Waals surface area contributed by atoms with Crippen molar-refractivity contribution in [2.75, 3.05) is 17.3 Å². The Labute approximate surface area is 184 Å². The fraction of sp³-hybridized carbons (Fsp3) is 0.105. The maximum Gasteiger partial charge on any atom is 0.416 e. The number of nitrogens with zero attached hydrogens (tertiary/aromatic N) is 3. The molecule has 3 rings (SSSR count). The number of hydrogen-bond donors (Lipinski definition) is 2. The van der Waals surface area contributed by atoms with Gasteiger partial charge in [-0.3, -0.25) is 4.90 Å². The second-order valence-corrected chi connectivity index (χ2v) is 6.87. The number of urea groups is 1. The number of anilines is 3. The smallest absolute Gasteiger partial charge is 0.416 e. The molecule has 2 amide bonds. The van der Waals surface area contributed by atoms with Gasteiger partial charge >= 0.3 is 12.2 Å². The molecule has 31 heavy (non-hydrogen) atoms. The van der Waals surface area contributed by atoms with Crippen LogP contribution in [0.1, 0.15) is 5.56 Å². The third-order valence-electron chi connectivity index (χ3n) is 4.00. The number of nitrogens with one attached hydrogen (secondary N) is 1. The standard InChI is InChI=1S/C19H14Cl2F3N5O2/c1-26-15-8-16(28-9-27-15)31-17-13(20)6-12(7-14(17)21)29(18(25)30)11-4-2-3-10(5-11)19(22,23)24/h2-9H,1H3,(H2,25,30)(H,26,27,28). The van der Waals surface area contributed by atoms with Crippen molar-refractivity contribution >= 4 is 46.4 Å². The summed E-state index contributed by atoms with van der Waals surface area (Å²) in [6.07, 6.45) is -3.34. The summed E-state index contributed by atoms with van der Waals surface area (Å²) in [6, 6.07) is 7.16. The van der Waals surface area contributed by atoms with E-state index in [1.54, 1.807) is 7.05 Å². The van der Waals surface area contributed by atoms with Gasteiger partial charge in [-0.2, -0.15) is 13.2 Å². The maximum absolute atomic E-state index is 13.1. The van der Waals surface area contributed by atoms with E-state index in [0.29, 0.717) is 5.82 Å². The molecule has 0 saturated heterocycles. The Balaban J connectivity index is 2.00. The van der Waals surface area contributed by atoms with Crippen LogP contribution in [0.5, 0.6) is 11.6 Å². The third kappa shape index (κ3) is 5.09. The lowest BCUT2D eigenvalue weighted by Gasteiger charge is -2.23. The van der Waals surface area contributed by atoms with E-state index in [9.17, 15) is 18.0 Å². The predicted octanol–water partition coefficient (Wildman–Crippen LogP) is 5.85. The molecular weight excluding hydrogens is 458 g/mol. The fourth-order valence-corrected chi connectivity index (χ4v) is 3.19. The van der Waals surface area contributed by atoms with Crippen LogP contribution >= 0.6 is 23.2 Å². The van der Waals surface area contributed by atoms with E-state index >= 15 is 0 Å². The number of amides is 2. The monoisotopic (exact) mass is 471 g/mol. The zero-order valence-electron chi connectivity index (χ0n) is 15.7. The first-order chi connectivity index (χ1) is 14.6. The molecule has 0 spiro atoms. The van der Waals surface area contributed by atoms with Crippen LogP contribution in [0.3, 0.4) is 0 Å². The first-order valence-electron chi connectivity index (χ1n) is 8.53. The van der Waals surface area contributed by atoms with Crippen LogP contribution in [-0.4, -0.2) is 23.0 Å². The first-order valence-corrected chi connectivity index (χ1v) is 9.29. The number of halogens is 5. The van der Waals surface area contributed by atoms with E-state index in [2.05, 4.69) is 15.3 Å². The van der Waals surface area contributed by atoms with Gasteiger partial charge in [0.25, 0.3) is 0 Å². The van der Waals surface area contributed by atoms with Crippen molar-refractivity contribution in [2.24, 2.45) is 5.73 Å². The number of ether oxygens (including phenoxy) is 1. The number of carbonyl (C=O) groups is 1. The van der Waals surface area contributed by atoms with E-state index < -0.39 is 17.8 Å². The molecule has 0 radical (unpaired) electrons. The zero-order valence-corrected chi connectivity index (χ0v) is 17.3. The number of nitrogens with two attached hydrogens (primary N) is 1. The minimum absolute atomic E-state index is 0.0228. The number of benzene rings is 2. The molecule has 2 aromatic carbocycles. The van der Waals surface area contributed by atoms with E-state index in [1.807, 2.05) is 0 Å². The minimum atomic E-state index is -4.60. The van der Waals surface area contributed by atoms with Gasteiger partial charge in [-0.1, -0.05) is 29.3 Å². The predicted molar refractivity (Wildman–Crippen MR) is 111 cm³/mol. The summed E-state index contributed by atoms with van der Waals surface area (Å²) < 4.78 is 44.8. The van der Waals surface area contributed by atoms with Gasteiger partial charge in [-0.15, -0.1) is 0 Å². The average Bonchev–Trinajstić information content (AvgIpc) is 2.70. The molecule has 1 aromatic heterocycles. The van der Waals surface area contributed by atoms with Crippen molar-refractivity contribution in [3.8, 4) is 11.6 Å². The van der Waals surface area contributed by atoms with Gasteiger partial charge in [0.05, 0.1) is 27.0 Å². The van der Waals surface area contributed by atoms with Gasteiger partial charge in [-0.05, 0) is 30.3 Å². The molecule has 0 fully saturated rings. The van der Waals surface area contributed by atoms with Crippen molar-refractivity contribution in [2.45, 2.75) is 6.18 Å². The number of alkyl halides is 3. The van der Waals surface area contributed by atoms with Crippen molar-refractivity contribution in [1.82, 2.24) is 9.97 Å². The minimum Gasteiger partial charge on any atom is -0.436 e. The second kappa shape index (κ2) is 8.86. The number of aromatic nitrogens is 2. The molecule has 0 atom stereocenters. The fourth-order valence-electron chi connectivity index (χ4n) is 2.63. The largest absolute Gasteiger partial charge is 0.436 e. The summed E-state index contributed by atoms with van der Waals surface area (Å²) in [5.74, 6) is 0.653. The van der Waals surface area contributed by atoms with Gasteiger partial charge in [-0.25, -0.2) is 14.8 Å². The van der Waals surface area contributed by atoms with E-state index in [-0.39, 0.29) is 33.0 Å². The van der Waals surface area contributed by atoms with Crippen molar-refractivity contribution < 1.29 is 22.7 Å². The Morgan fingerprint density at radius 3 is 2.35 bits per heavy atom. The lowest BCUT2D eigenvalue weighted by molar-refractivity contribution is -0.137. The molecule has 0 bridgehead atoms. The van der Waals surface area contributed by atoms with E-state index in [4.69, 9.17) is 33.7 Å².